The highest BCUT2D eigenvalue weighted by Crippen LogP contribution is 2.44. The summed E-state index contributed by atoms with van der Waals surface area (Å²) in [6, 6.07) is 35.3. The molecule has 0 radical (unpaired) electrons. The number of alkyl carbamates (subject to hydrolysis) is 1. The van der Waals surface area contributed by atoms with Crippen molar-refractivity contribution in [2.24, 2.45) is 0 Å². The molecule has 4 aromatic carbocycles. The minimum atomic E-state index is -0.402. The van der Waals surface area contributed by atoms with E-state index in [0.29, 0.717) is 13.2 Å². The molecule has 0 bridgehead atoms. The minimum Gasteiger partial charge on any atom is -0.449 e. The van der Waals surface area contributed by atoms with Gasteiger partial charge >= 0.3 is 6.09 Å². The fourth-order valence-corrected chi connectivity index (χ4v) is 4.40. The van der Waals surface area contributed by atoms with Crippen molar-refractivity contribution in [1.82, 2.24) is 5.32 Å². The molecule has 3 heteroatoms. The Morgan fingerprint density at radius 1 is 0.727 bits per heavy atom. The monoisotopic (exact) mass is 431 g/mol. The van der Waals surface area contributed by atoms with Gasteiger partial charge in [-0.2, -0.15) is 0 Å². The van der Waals surface area contributed by atoms with Gasteiger partial charge in [0.05, 0.1) is 0 Å². The summed E-state index contributed by atoms with van der Waals surface area (Å²) in [5, 5.41) is 2.81. The van der Waals surface area contributed by atoms with Gasteiger partial charge in [-0.05, 0) is 38.9 Å². The Labute approximate surface area is 194 Å². The van der Waals surface area contributed by atoms with Crippen LogP contribution in [0.25, 0.3) is 28.3 Å². The van der Waals surface area contributed by atoms with E-state index in [1.54, 1.807) is 0 Å². The fraction of sp³-hybridized carbons (Fsp3) is 0.100. The first-order valence-electron chi connectivity index (χ1n) is 11.2. The number of rotatable bonds is 6. The standard InChI is InChI=1S/C30H25NO2/c32-30(31-20-8-9-22-16-18-24(19-17-22)23-10-2-1-3-11-23)33-21-29-27-14-6-4-12-25(27)26-13-5-7-15-28(26)29/h1-19,29H,20-21H2,(H,31,32). The quantitative estimate of drug-likeness (QED) is 0.360. The Bertz CT molecular complexity index is 1230. The highest BCUT2D eigenvalue weighted by Gasteiger charge is 2.28. The maximum Gasteiger partial charge on any atom is 0.407 e. The maximum atomic E-state index is 12.3. The number of carbonyl (C=O) groups is 1. The number of amides is 1. The molecule has 0 saturated carbocycles. The summed E-state index contributed by atoms with van der Waals surface area (Å²) in [7, 11) is 0. The molecule has 0 aliphatic heterocycles. The lowest BCUT2D eigenvalue weighted by molar-refractivity contribution is 0.144. The zero-order valence-corrected chi connectivity index (χ0v) is 18.3. The molecular weight excluding hydrogens is 406 g/mol. The van der Waals surface area contributed by atoms with Crippen molar-refractivity contribution >= 4 is 12.2 Å². The summed E-state index contributed by atoms with van der Waals surface area (Å²) >= 11 is 0. The Hall–Kier alpha value is -4.11. The topological polar surface area (TPSA) is 38.3 Å². The van der Waals surface area contributed by atoms with Gasteiger partial charge < -0.3 is 10.1 Å². The second-order valence-corrected chi connectivity index (χ2v) is 8.10. The minimum absolute atomic E-state index is 0.0711. The van der Waals surface area contributed by atoms with Crippen LogP contribution in [0.5, 0.6) is 0 Å². The Balaban J connectivity index is 1.13. The van der Waals surface area contributed by atoms with Crippen LogP contribution in [0.15, 0.2) is 109 Å². The van der Waals surface area contributed by atoms with Crippen molar-refractivity contribution in [3.63, 3.8) is 0 Å². The predicted molar refractivity (Wildman–Crippen MR) is 134 cm³/mol. The van der Waals surface area contributed by atoms with E-state index in [1.165, 1.54) is 33.4 Å². The lowest BCUT2D eigenvalue weighted by Gasteiger charge is -2.14. The average Bonchev–Trinajstić information content (AvgIpc) is 3.20. The smallest absolute Gasteiger partial charge is 0.407 e. The van der Waals surface area contributed by atoms with Crippen LogP contribution in [0.4, 0.5) is 4.79 Å². The lowest BCUT2D eigenvalue weighted by Crippen LogP contribution is -2.26. The fourth-order valence-electron chi connectivity index (χ4n) is 4.40. The Kier molecular flexibility index (Phi) is 6.03. The Morgan fingerprint density at radius 2 is 1.30 bits per heavy atom. The number of nitrogens with one attached hydrogen (secondary N) is 1. The van der Waals surface area contributed by atoms with Crippen molar-refractivity contribution < 1.29 is 9.53 Å². The molecule has 5 rings (SSSR count). The summed E-state index contributed by atoms with van der Waals surface area (Å²) in [4.78, 5) is 12.3. The first-order chi connectivity index (χ1) is 16.3. The van der Waals surface area contributed by atoms with Gasteiger partial charge in [0.15, 0.2) is 0 Å². The maximum absolute atomic E-state index is 12.3. The first kappa shape index (κ1) is 20.8. The molecule has 0 fully saturated rings. The van der Waals surface area contributed by atoms with Crippen LogP contribution in [0.1, 0.15) is 22.6 Å². The molecule has 0 saturated heterocycles. The molecule has 33 heavy (non-hydrogen) atoms. The summed E-state index contributed by atoms with van der Waals surface area (Å²) in [6.45, 7) is 0.738. The third-order valence-corrected chi connectivity index (χ3v) is 6.04. The van der Waals surface area contributed by atoms with Crippen molar-refractivity contribution in [2.75, 3.05) is 13.2 Å². The van der Waals surface area contributed by atoms with E-state index >= 15 is 0 Å². The van der Waals surface area contributed by atoms with Crippen molar-refractivity contribution in [2.45, 2.75) is 5.92 Å². The van der Waals surface area contributed by atoms with Gasteiger partial charge in [-0.1, -0.05) is 115 Å². The average molecular weight is 432 g/mol. The van der Waals surface area contributed by atoms with E-state index in [9.17, 15) is 4.79 Å². The van der Waals surface area contributed by atoms with Crippen molar-refractivity contribution in [1.29, 1.82) is 0 Å². The van der Waals surface area contributed by atoms with Gasteiger partial charge in [0.25, 0.3) is 0 Å². The molecule has 4 aromatic rings. The summed E-state index contributed by atoms with van der Waals surface area (Å²) in [6.07, 6.45) is 3.53. The van der Waals surface area contributed by atoms with E-state index < -0.39 is 6.09 Å². The van der Waals surface area contributed by atoms with Crippen LogP contribution >= 0.6 is 0 Å². The number of hydrogen-bond acceptors (Lipinski definition) is 2. The third kappa shape index (κ3) is 4.58. The molecule has 1 aliphatic rings. The lowest BCUT2D eigenvalue weighted by atomic mass is 9.98. The molecular formula is C30H25NO2. The third-order valence-electron chi connectivity index (χ3n) is 6.04. The summed E-state index contributed by atoms with van der Waals surface area (Å²) < 4.78 is 5.57. The van der Waals surface area contributed by atoms with Crippen LogP contribution in [-0.4, -0.2) is 19.2 Å². The van der Waals surface area contributed by atoms with E-state index in [1.807, 2.05) is 54.6 Å². The number of hydrogen-bond donors (Lipinski definition) is 1. The highest BCUT2D eigenvalue weighted by molar-refractivity contribution is 5.79. The molecule has 1 N–H and O–H groups in total. The molecule has 0 heterocycles. The molecule has 1 aliphatic carbocycles. The van der Waals surface area contributed by atoms with Gasteiger partial charge in [0, 0.05) is 12.5 Å². The Morgan fingerprint density at radius 3 is 1.97 bits per heavy atom. The molecule has 0 atom stereocenters. The van der Waals surface area contributed by atoms with E-state index in [4.69, 9.17) is 4.74 Å². The van der Waals surface area contributed by atoms with Crippen LogP contribution in [0.2, 0.25) is 0 Å². The van der Waals surface area contributed by atoms with Crippen LogP contribution < -0.4 is 5.32 Å². The van der Waals surface area contributed by atoms with Gasteiger partial charge in [0.2, 0.25) is 0 Å². The SMILES string of the molecule is O=C(NCC=Cc1ccc(-c2ccccc2)cc1)OCC1c2ccccc2-c2ccccc21. The summed E-state index contributed by atoms with van der Waals surface area (Å²) in [5.41, 5.74) is 8.35. The predicted octanol–water partition coefficient (Wildman–Crippen LogP) is 6.91. The van der Waals surface area contributed by atoms with Crippen LogP contribution in [0.3, 0.4) is 0 Å². The molecule has 0 aromatic heterocycles. The molecule has 0 unspecified atom stereocenters. The first-order valence-corrected chi connectivity index (χ1v) is 11.2. The molecule has 1 amide bonds. The largest absolute Gasteiger partial charge is 0.449 e. The van der Waals surface area contributed by atoms with Crippen molar-refractivity contribution in [3.05, 3.63) is 126 Å². The number of benzene rings is 4. The van der Waals surface area contributed by atoms with E-state index in [2.05, 4.69) is 66.0 Å². The normalized spacial score (nSPS) is 12.4. The second-order valence-electron chi connectivity index (χ2n) is 8.10. The van der Waals surface area contributed by atoms with Gasteiger partial charge in [0.1, 0.15) is 6.61 Å². The second kappa shape index (κ2) is 9.58. The molecule has 162 valence electrons. The van der Waals surface area contributed by atoms with Gasteiger partial charge in [-0.3, -0.25) is 0 Å². The van der Waals surface area contributed by atoms with Crippen LogP contribution in [0, 0.1) is 0 Å². The number of carbonyl (C=O) groups excluding carboxylic acids is 1. The van der Waals surface area contributed by atoms with Gasteiger partial charge in [-0.25, -0.2) is 4.79 Å². The molecule has 0 spiro atoms. The number of fused-ring (bicyclic) bond motifs is 3. The summed E-state index contributed by atoms with van der Waals surface area (Å²) in [5.74, 6) is 0.0711. The number of ether oxygens (including phenoxy) is 1. The van der Waals surface area contributed by atoms with Crippen LogP contribution in [-0.2, 0) is 4.74 Å². The van der Waals surface area contributed by atoms with E-state index in [0.717, 1.165) is 5.56 Å². The zero-order chi connectivity index (χ0) is 22.5. The van der Waals surface area contributed by atoms with E-state index in [-0.39, 0.29) is 5.92 Å². The zero-order valence-electron chi connectivity index (χ0n) is 18.3. The van der Waals surface area contributed by atoms with Gasteiger partial charge in [-0.15, -0.1) is 0 Å². The van der Waals surface area contributed by atoms with Crippen molar-refractivity contribution in [3.8, 4) is 22.3 Å². The highest BCUT2D eigenvalue weighted by atomic mass is 16.5. The molecule has 3 nitrogen and oxygen atoms in total.